The zero-order valence-corrected chi connectivity index (χ0v) is 18.8. The van der Waals surface area contributed by atoms with Crippen LogP contribution >= 0.6 is 0 Å². The van der Waals surface area contributed by atoms with Crippen molar-refractivity contribution in [2.75, 3.05) is 6.61 Å². The largest absolute Gasteiger partial charge is 0.461 e. The van der Waals surface area contributed by atoms with Crippen LogP contribution in [-0.4, -0.2) is 12.6 Å². The lowest BCUT2D eigenvalue weighted by Crippen LogP contribution is -2.04. The molecule has 0 N–H and O–H groups in total. The third-order valence-corrected chi connectivity index (χ3v) is 5.22. The van der Waals surface area contributed by atoms with Crippen molar-refractivity contribution in [3.05, 3.63) is 11.6 Å². The van der Waals surface area contributed by atoms with Crippen LogP contribution in [0.25, 0.3) is 0 Å². The van der Waals surface area contributed by atoms with Gasteiger partial charge in [-0.25, -0.2) is 0 Å². The third-order valence-electron chi connectivity index (χ3n) is 5.22. The van der Waals surface area contributed by atoms with E-state index in [-0.39, 0.29) is 5.97 Å². The zero-order valence-electron chi connectivity index (χ0n) is 18.8. The number of unbranched alkanes of at least 4 members (excludes halogenated alkanes) is 16. The van der Waals surface area contributed by atoms with Gasteiger partial charge in [0.15, 0.2) is 0 Å². The summed E-state index contributed by atoms with van der Waals surface area (Å²) in [6.07, 6.45) is 25.7. The number of ether oxygens (including phenoxy) is 1. The summed E-state index contributed by atoms with van der Waals surface area (Å²) in [6, 6.07) is 0. The third kappa shape index (κ3) is 23.2. The van der Waals surface area contributed by atoms with E-state index >= 15 is 0 Å². The molecule has 0 heterocycles. The summed E-state index contributed by atoms with van der Waals surface area (Å²) in [5, 5.41) is 0. The minimum atomic E-state index is -0.0477. The summed E-state index contributed by atoms with van der Waals surface area (Å²) < 4.78 is 5.17. The lowest BCUT2D eigenvalue weighted by atomic mass is 10.0. The standard InChI is InChI=1S/C25H48O2/c1-4-5-6-7-8-9-10-11-12-13-14-15-16-17-18-19-20-21-25(26)27-23-22-24(2)3/h22H,4-21,23H2,1-3H3. The molecular weight excluding hydrogens is 332 g/mol. The minimum absolute atomic E-state index is 0.0477. The van der Waals surface area contributed by atoms with Crippen molar-refractivity contribution in [2.24, 2.45) is 0 Å². The molecule has 0 aromatic rings. The SMILES string of the molecule is CCCCCCCCCCCCCCCCCCCC(=O)OCC=C(C)C. The van der Waals surface area contributed by atoms with Gasteiger partial charge in [0.2, 0.25) is 0 Å². The number of carbonyl (C=O) groups excluding carboxylic acids is 1. The van der Waals surface area contributed by atoms with Crippen molar-refractivity contribution in [1.29, 1.82) is 0 Å². The zero-order chi connectivity index (χ0) is 20.0. The Morgan fingerprint density at radius 1 is 0.630 bits per heavy atom. The molecule has 160 valence electrons. The highest BCUT2D eigenvalue weighted by Crippen LogP contribution is 2.14. The van der Waals surface area contributed by atoms with Crippen LogP contribution in [0.1, 0.15) is 136 Å². The van der Waals surface area contributed by atoms with E-state index in [1.165, 1.54) is 102 Å². The van der Waals surface area contributed by atoms with E-state index in [0.717, 1.165) is 12.8 Å². The Morgan fingerprint density at radius 3 is 1.37 bits per heavy atom. The highest BCUT2D eigenvalue weighted by atomic mass is 16.5. The maximum Gasteiger partial charge on any atom is 0.306 e. The van der Waals surface area contributed by atoms with Gasteiger partial charge < -0.3 is 4.74 Å². The molecular formula is C25H48O2. The van der Waals surface area contributed by atoms with E-state index in [1.54, 1.807) is 0 Å². The Hall–Kier alpha value is -0.790. The molecule has 0 aromatic heterocycles. The Labute approximate surface area is 170 Å². The van der Waals surface area contributed by atoms with Gasteiger partial charge in [-0.15, -0.1) is 0 Å². The van der Waals surface area contributed by atoms with Gasteiger partial charge in [-0.3, -0.25) is 4.79 Å². The molecule has 0 bridgehead atoms. The Morgan fingerprint density at radius 2 is 1.00 bits per heavy atom. The minimum Gasteiger partial charge on any atom is -0.461 e. The second-order valence-corrected chi connectivity index (χ2v) is 8.37. The number of esters is 1. The molecule has 2 nitrogen and oxygen atoms in total. The first-order valence-electron chi connectivity index (χ1n) is 12.0. The average Bonchev–Trinajstić information content (AvgIpc) is 2.64. The van der Waals surface area contributed by atoms with Crippen LogP contribution in [0.3, 0.4) is 0 Å². The van der Waals surface area contributed by atoms with Gasteiger partial charge in [0.1, 0.15) is 6.61 Å². The van der Waals surface area contributed by atoms with E-state index in [1.807, 2.05) is 19.9 Å². The molecule has 0 aliphatic carbocycles. The molecule has 0 spiro atoms. The molecule has 2 heteroatoms. The summed E-state index contributed by atoms with van der Waals surface area (Å²) in [5.74, 6) is -0.0477. The highest BCUT2D eigenvalue weighted by Gasteiger charge is 2.01. The van der Waals surface area contributed by atoms with Crippen LogP contribution in [0.15, 0.2) is 11.6 Å². The molecule has 0 fully saturated rings. The van der Waals surface area contributed by atoms with E-state index < -0.39 is 0 Å². The molecule has 0 saturated carbocycles. The fraction of sp³-hybridized carbons (Fsp3) is 0.880. The number of allylic oxidation sites excluding steroid dienone is 1. The summed E-state index contributed by atoms with van der Waals surface area (Å²) in [6.45, 7) is 6.75. The van der Waals surface area contributed by atoms with Crippen molar-refractivity contribution >= 4 is 5.97 Å². The lowest BCUT2D eigenvalue weighted by Gasteiger charge is -2.04. The molecule has 0 saturated heterocycles. The summed E-state index contributed by atoms with van der Waals surface area (Å²) >= 11 is 0. The fourth-order valence-electron chi connectivity index (χ4n) is 3.37. The quantitative estimate of drug-likeness (QED) is 0.120. The van der Waals surface area contributed by atoms with Crippen LogP contribution in [0.4, 0.5) is 0 Å². The Balaban J connectivity index is 3.12. The first kappa shape index (κ1) is 26.2. The number of hydrogen-bond acceptors (Lipinski definition) is 2. The molecule has 27 heavy (non-hydrogen) atoms. The van der Waals surface area contributed by atoms with Crippen molar-refractivity contribution in [3.63, 3.8) is 0 Å². The molecule has 0 aliphatic rings. The van der Waals surface area contributed by atoms with Crippen LogP contribution in [0.5, 0.6) is 0 Å². The smallest absolute Gasteiger partial charge is 0.306 e. The van der Waals surface area contributed by atoms with Gasteiger partial charge in [-0.2, -0.15) is 0 Å². The average molecular weight is 381 g/mol. The van der Waals surface area contributed by atoms with Gasteiger partial charge in [0, 0.05) is 6.42 Å². The van der Waals surface area contributed by atoms with Crippen LogP contribution in [0, 0.1) is 0 Å². The van der Waals surface area contributed by atoms with E-state index in [0.29, 0.717) is 13.0 Å². The van der Waals surface area contributed by atoms with Gasteiger partial charge in [0.25, 0.3) is 0 Å². The molecule has 0 atom stereocenters. The predicted octanol–water partition coefficient (Wildman–Crippen LogP) is 8.54. The second kappa shape index (κ2) is 21.5. The molecule has 0 radical (unpaired) electrons. The van der Waals surface area contributed by atoms with Crippen LogP contribution in [-0.2, 0) is 9.53 Å². The maximum atomic E-state index is 11.5. The lowest BCUT2D eigenvalue weighted by molar-refractivity contribution is -0.142. The second-order valence-electron chi connectivity index (χ2n) is 8.37. The van der Waals surface area contributed by atoms with Crippen LogP contribution in [0.2, 0.25) is 0 Å². The van der Waals surface area contributed by atoms with E-state index in [9.17, 15) is 4.79 Å². The van der Waals surface area contributed by atoms with Gasteiger partial charge in [-0.1, -0.05) is 115 Å². The molecule has 0 aromatic carbocycles. The Bertz CT molecular complexity index is 342. The fourth-order valence-corrected chi connectivity index (χ4v) is 3.37. The number of carbonyl (C=O) groups is 1. The first-order chi connectivity index (χ1) is 13.2. The van der Waals surface area contributed by atoms with Gasteiger partial charge >= 0.3 is 5.97 Å². The summed E-state index contributed by atoms with van der Waals surface area (Å²) in [5.41, 5.74) is 1.20. The Kier molecular flexibility index (Phi) is 20.9. The topological polar surface area (TPSA) is 26.3 Å². The summed E-state index contributed by atoms with van der Waals surface area (Å²) in [4.78, 5) is 11.5. The van der Waals surface area contributed by atoms with E-state index in [2.05, 4.69) is 6.92 Å². The molecule has 0 amide bonds. The monoisotopic (exact) mass is 380 g/mol. The predicted molar refractivity (Wildman–Crippen MR) is 119 cm³/mol. The van der Waals surface area contributed by atoms with Crippen molar-refractivity contribution in [2.45, 2.75) is 136 Å². The van der Waals surface area contributed by atoms with Crippen LogP contribution < -0.4 is 0 Å². The molecule has 0 aliphatic heterocycles. The number of rotatable bonds is 20. The molecule has 0 rings (SSSR count). The van der Waals surface area contributed by atoms with Crippen molar-refractivity contribution in [1.82, 2.24) is 0 Å². The van der Waals surface area contributed by atoms with Gasteiger partial charge in [-0.05, 0) is 26.3 Å². The molecule has 0 unspecified atom stereocenters. The summed E-state index contributed by atoms with van der Waals surface area (Å²) in [7, 11) is 0. The first-order valence-corrected chi connectivity index (χ1v) is 12.0. The van der Waals surface area contributed by atoms with Crippen molar-refractivity contribution < 1.29 is 9.53 Å². The normalized spacial score (nSPS) is 10.8. The number of hydrogen-bond donors (Lipinski definition) is 0. The van der Waals surface area contributed by atoms with Gasteiger partial charge in [0.05, 0.1) is 0 Å². The highest BCUT2D eigenvalue weighted by molar-refractivity contribution is 5.69. The maximum absolute atomic E-state index is 11.5. The van der Waals surface area contributed by atoms with E-state index in [4.69, 9.17) is 4.74 Å². The van der Waals surface area contributed by atoms with Crippen molar-refractivity contribution in [3.8, 4) is 0 Å².